The van der Waals surface area contributed by atoms with Crippen LogP contribution in [-0.2, 0) is 0 Å². The van der Waals surface area contributed by atoms with Crippen LogP contribution in [0.2, 0.25) is 0 Å². The largest absolute Gasteiger partial charge is 0.478 e. The Bertz CT molecular complexity index is 761. The van der Waals surface area contributed by atoms with E-state index in [0.29, 0.717) is 6.07 Å². The van der Waals surface area contributed by atoms with Crippen molar-refractivity contribution in [2.24, 2.45) is 0 Å². The van der Waals surface area contributed by atoms with Gasteiger partial charge in [-0.15, -0.1) is 0 Å². The number of nitrogens with zero attached hydrogens (tertiary/aromatic N) is 3. The maximum absolute atomic E-state index is 13.7. The normalized spacial score (nSPS) is 10.0. The molecule has 1 heterocycles. The number of carbonyl (C=O) groups is 1. The van der Waals surface area contributed by atoms with E-state index in [2.05, 4.69) is 0 Å². The summed E-state index contributed by atoms with van der Waals surface area (Å²) in [4.78, 5) is 21.0. The van der Waals surface area contributed by atoms with Crippen molar-refractivity contribution in [1.29, 1.82) is 5.26 Å². The van der Waals surface area contributed by atoms with Crippen LogP contribution in [0.25, 0.3) is 5.69 Å². The first-order valence-corrected chi connectivity index (χ1v) is 5.24. The predicted molar refractivity (Wildman–Crippen MR) is 64.1 cm³/mol. The first-order chi connectivity index (χ1) is 9.45. The molecule has 0 aliphatic carbocycles. The minimum atomic E-state index is -1.61. The van der Waals surface area contributed by atoms with Crippen molar-refractivity contribution in [3.63, 3.8) is 0 Å². The van der Waals surface area contributed by atoms with Crippen molar-refractivity contribution in [2.45, 2.75) is 0 Å². The number of nitro benzene ring substituents is 1. The number of carboxylic acid groups (broad SMARTS) is 1. The van der Waals surface area contributed by atoms with Gasteiger partial charge < -0.3 is 9.67 Å². The molecule has 0 saturated carbocycles. The van der Waals surface area contributed by atoms with Crippen molar-refractivity contribution >= 4 is 11.7 Å². The van der Waals surface area contributed by atoms with Crippen LogP contribution in [0.1, 0.15) is 16.1 Å². The molecule has 1 aromatic heterocycles. The van der Waals surface area contributed by atoms with Gasteiger partial charge >= 0.3 is 5.97 Å². The molecule has 0 amide bonds. The highest BCUT2D eigenvalue weighted by atomic mass is 19.1. The average molecular weight is 275 g/mol. The van der Waals surface area contributed by atoms with E-state index in [4.69, 9.17) is 10.4 Å². The molecule has 1 aromatic carbocycles. The lowest BCUT2D eigenvalue weighted by molar-refractivity contribution is -0.384. The fourth-order valence-electron chi connectivity index (χ4n) is 1.74. The molecule has 2 aromatic rings. The fraction of sp³-hybridized carbons (Fsp3) is 0. The van der Waals surface area contributed by atoms with Gasteiger partial charge in [-0.2, -0.15) is 5.26 Å². The van der Waals surface area contributed by atoms with Crippen molar-refractivity contribution in [3.8, 4) is 11.8 Å². The Kier molecular flexibility index (Phi) is 3.18. The van der Waals surface area contributed by atoms with Crippen LogP contribution in [0.4, 0.5) is 10.1 Å². The Labute approximate surface area is 111 Å². The van der Waals surface area contributed by atoms with Crippen LogP contribution in [0.3, 0.4) is 0 Å². The topological polar surface area (TPSA) is 109 Å². The first kappa shape index (κ1) is 13.2. The molecule has 0 aliphatic rings. The van der Waals surface area contributed by atoms with E-state index >= 15 is 0 Å². The number of nitro groups is 1. The molecule has 20 heavy (non-hydrogen) atoms. The third-order valence-corrected chi connectivity index (χ3v) is 2.61. The van der Waals surface area contributed by atoms with E-state index in [9.17, 15) is 19.3 Å². The second-order valence-electron chi connectivity index (χ2n) is 3.76. The maximum atomic E-state index is 13.7. The molecule has 0 spiro atoms. The van der Waals surface area contributed by atoms with Gasteiger partial charge in [0.15, 0.2) is 0 Å². The molecule has 0 radical (unpaired) electrons. The highest BCUT2D eigenvalue weighted by molar-refractivity contribution is 5.89. The number of halogens is 1. The molecular weight excluding hydrogens is 269 g/mol. The zero-order valence-corrected chi connectivity index (χ0v) is 9.78. The molecule has 0 atom stereocenters. The summed E-state index contributed by atoms with van der Waals surface area (Å²) >= 11 is 0. The van der Waals surface area contributed by atoms with Crippen LogP contribution in [-0.4, -0.2) is 20.6 Å². The van der Waals surface area contributed by atoms with E-state index in [0.717, 1.165) is 10.6 Å². The van der Waals surface area contributed by atoms with E-state index in [-0.39, 0.29) is 11.4 Å². The van der Waals surface area contributed by atoms with Gasteiger partial charge in [0.25, 0.3) is 5.69 Å². The fourth-order valence-corrected chi connectivity index (χ4v) is 1.74. The second kappa shape index (κ2) is 4.81. The van der Waals surface area contributed by atoms with Crippen molar-refractivity contribution < 1.29 is 19.2 Å². The lowest BCUT2D eigenvalue weighted by atomic mass is 10.1. The summed E-state index contributed by atoms with van der Waals surface area (Å²) in [6.45, 7) is 0. The molecule has 0 saturated heterocycles. The number of rotatable bonds is 3. The lowest BCUT2D eigenvalue weighted by Crippen LogP contribution is -2.07. The Balaban J connectivity index is 2.77. The quantitative estimate of drug-likeness (QED) is 0.681. The molecule has 0 bridgehead atoms. The highest BCUT2D eigenvalue weighted by Crippen LogP contribution is 2.27. The zero-order chi connectivity index (χ0) is 14.9. The first-order valence-electron chi connectivity index (χ1n) is 5.24. The summed E-state index contributed by atoms with van der Waals surface area (Å²) in [6.07, 6.45) is 1.35. The van der Waals surface area contributed by atoms with Gasteiger partial charge in [0.2, 0.25) is 0 Å². The molecule has 100 valence electrons. The van der Waals surface area contributed by atoms with Gasteiger partial charge in [0, 0.05) is 18.3 Å². The van der Waals surface area contributed by atoms with Gasteiger partial charge in [-0.3, -0.25) is 10.1 Å². The summed E-state index contributed by atoms with van der Waals surface area (Å²) in [6, 6.07) is 6.02. The van der Waals surface area contributed by atoms with Crippen molar-refractivity contribution in [2.75, 3.05) is 0 Å². The van der Waals surface area contributed by atoms with Crippen LogP contribution in [0, 0.1) is 27.3 Å². The van der Waals surface area contributed by atoms with Crippen LogP contribution in [0.15, 0.2) is 30.5 Å². The third-order valence-electron chi connectivity index (χ3n) is 2.61. The third kappa shape index (κ3) is 2.08. The summed E-state index contributed by atoms with van der Waals surface area (Å²) < 4.78 is 14.8. The van der Waals surface area contributed by atoms with Crippen LogP contribution in [0.5, 0.6) is 0 Å². The predicted octanol–water partition coefficient (Wildman–Crippen LogP) is 2.09. The number of aromatic carboxylic acids is 1. The van der Waals surface area contributed by atoms with Gasteiger partial charge in [-0.25, -0.2) is 9.18 Å². The highest BCUT2D eigenvalue weighted by Gasteiger charge is 2.23. The Morgan fingerprint density at radius 3 is 2.75 bits per heavy atom. The number of hydrogen-bond donors (Lipinski definition) is 1. The van der Waals surface area contributed by atoms with Crippen LogP contribution < -0.4 is 0 Å². The molecule has 0 unspecified atom stereocenters. The molecular formula is C12H6FN3O4. The standard InChI is InChI=1S/C12H6FN3O4/c13-9-5-10(15-3-1-2-7(15)6-14)11(16(19)20)4-8(9)12(17)18/h1-5H,(H,17,18). The molecule has 0 aliphatic heterocycles. The number of aromatic nitrogens is 1. The molecule has 0 fully saturated rings. The van der Waals surface area contributed by atoms with E-state index in [1.165, 1.54) is 18.3 Å². The average Bonchev–Trinajstić information content (AvgIpc) is 2.85. The Hall–Kier alpha value is -3.21. The van der Waals surface area contributed by atoms with Gasteiger partial charge in [0.05, 0.1) is 4.92 Å². The number of carboxylic acids is 1. The summed E-state index contributed by atoms with van der Waals surface area (Å²) in [5.41, 5.74) is -1.54. The van der Waals surface area contributed by atoms with Gasteiger partial charge in [-0.05, 0) is 12.1 Å². The smallest absolute Gasteiger partial charge is 0.338 e. The minimum Gasteiger partial charge on any atom is -0.478 e. The SMILES string of the molecule is N#Cc1cccn1-c1cc(F)c(C(=O)O)cc1[N+](=O)[O-]. The number of nitriles is 1. The maximum Gasteiger partial charge on any atom is 0.338 e. The Morgan fingerprint density at radius 2 is 2.20 bits per heavy atom. The van der Waals surface area contributed by atoms with Gasteiger partial charge in [0.1, 0.15) is 28.8 Å². The molecule has 1 N–H and O–H groups in total. The van der Waals surface area contributed by atoms with Crippen LogP contribution >= 0.6 is 0 Å². The Morgan fingerprint density at radius 1 is 1.50 bits per heavy atom. The summed E-state index contributed by atoms with van der Waals surface area (Å²) in [5.74, 6) is -2.72. The summed E-state index contributed by atoms with van der Waals surface area (Å²) in [5, 5.41) is 28.7. The van der Waals surface area contributed by atoms with E-state index in [1.54, 1.807) is 6.07 Å². The minimum absolute atomic E-state index is 0.0653. The van der Waals surface area contributed by atoms with Crippen molar-refractivity contribution in [3.05, 3.63) is 57.7 Å². The number of hydrogen-bond acceptors (Lipinski definition) is 4. The number of benzene rings is 1. The second-order valence-corrected chi connectivity index (χ2v) is 3.76. The molecule has 8 heteroatoms. The zero-order valence-electron chi connectivity index (χ0n) is 9.78. The molecule has 2 rings (SSSR count). The monoisotopic (exact) mass is 275 g/mol. The van der Waals surface area contributed by atoms with E-state index < -0.39 is 28.0 Å². The lowest BCUT2D eigenvalue weighted by Gasteiger charge is -2.07. The molecule has 7 nitrogen and oxygen atoms in total. The van der Waals surface area contributed by atoms with E-state index in [1.807, 2.05) is 0 Å². The van der Waals surface area contributed by atoms with Gasteiger partial charge in [-0.1, -0.05) is 0 Å². The van der Waals surface area contributed by atoms with Crippen molar-refractivity contribution in [1.82, 2.24) is 4.57 Å². The summed E-state index contributed by atoms with van der Waals surface area (Å²) in [7, 11) is 0.